The minimum Gasteiger partial charge on any atom is -0.480 e. The highest BCUT2D eigenvalue weighted by Gasteiger charge is 2.21. The van der Waals surface area contributed by atoms with Crippen LogP contribution in [0.5, 0.6) is 5.75 Å². The fourth-order valence-electron chi connectivity index (χ4n) is 1.59. The monoisotopic (exact) mass is 313 g/mol. The van der Waals surface area contributed by atoms with Crippen LogP contribution in [0.4, 0.5) is 0 Å². The molecule has 98 valence electrons. The molecule has 0 saturated heterocycles. The van der Waals surface area contributed by atoms with Gasteiger partial charge in [0.1, 0.15) is 5.75 Å². The van der Waals surface area contributed by atoms with Crippen molar-refractivity contribution in [3.05, 3.63) is 28.2 Å². The number of carbonyl (C=O) groups excluding carboxylic acids is 1. The van der Waals surface area contributed by atoms with Crippen molar-refractivity contribution in [2.75, 3.05) is 13.7 Å². The van der Waals surface area contributed by atoms with E-state index in [0.717, 1.165) is 16.6 Å². The van der Waals surface area contributed by atoms with Crippen LogP contribution in [0.2, 0.25) is 0 Å². The Balaban J connectivity index is 2.02. The maximum Gasteiger partial charge on any atom is 0.343 e. The third-order valence-corrected chi connectivity index (χ3v) is 3.39. The van der Waals surface area contributed by atoms with Crippen molar-refractivity contribution in [2.45, 2.75) is 25.4 Å². The number of hydrogen-bond acceptors (Lipinski definition) is 4. The van der Waals surface area contributed by atoms with Gasteiger partial charge in [0, 0.05) is 18.2 Å². The number of nitrogens with one attached hydrogen (secondary N) is 1. The minimum absolute atomic E-state index is 0.0739. The lowest BCUT2D eigenvalue weighted by Crippen LogP contribution is -2.18. The Morgan fingerprint density at radius 1 is 1.50 bits per heavy atom. The first-order valence-corrected chi connectivity index (χ1v) is 6.70. The molecule has 0 heterocycles. The summed E-state index contributed by atoms with van der Waals surface area (Å²) in [4.78, 5) is 11.1. The summed E-state index contributed by atoms with van der Waals surface area (Å²) in [5.41, 5.74) is 1.04. The fraction of sp³-hybridized carbons (Fsp3) is 0.462. The molecular weight excluding hydrogens is 298 g/mol. The highest BCUT2D eigenvalue weighted by molar-refractivity contribution is 9.10. The smallest absolute Gasteiger partial charge is 0.343 e. The number of para-hydroxylation sites is 1. The van der Waals surface area contributed by atoms with Crippen molar-refractivity contribution in [3.63, 3.8) is 0 Å². The molecule has 0 atom stereocenters. The van der Waals surface area contributed by atoms with E-state index in [9.17, 15) is 4.79 Å². The third kappa shape index (κ3) is 3.71. The lowest BCUT2D eigenvalue weighted by atomic mass is 10.2. The van der Waals surface area contributed by atoms with Gasteiger partial charge in [-0.2, -0.15) is 0 Å². The second kappa shape index (κ2) is 6.20. The molecule has 1 saturated carbocycles. The molecule has 0 spiro atoms. The summed E-state index contributed by atoms with van der Waals surface area (Å²) in [6, 6.07) is 6.48. The lowest BCUT2D eigenvalue weighted by Gasteiger charge is -2.13. The van der Waals surface area contributed by atoms with Crippen LogP contribution in [0.3, 0.4) is 0 Å². The van der Waals surface area contributed by atoms with Crippen LogP contribution >= 0.6 is 15.9 Å². The Bertz CT molecular complexity index is 432. The Labute approximate surface area is 115 Å². The second-order valence-electron chi connectivity index (χ2n) is 4.25. The Morgan fingerprint density at radius 3 is 2.94 bits per heavy atom. The predicted molar refractivity (Wildman–Crippen MR) is 71.5 cm³/mol. The number of carbonyl (C=O) groups is 1. The van der Waals surface area contributed by atoms with Crippen LogP contribution < -0.4 is 10.1 Å². The van der Waals surface area contributed by atoms with E-state index in [1.807, 2.05) is 18.2 Å². The van der Waals surface area contributed by atoms with E-state index in [1.165, 1.54) is 20.0 Å². The van der Waals surface area contributed by atoms with Gasteiger partial charge in [0.2, 0.25) is 0 Å². The molecule has 0 aromatic heterocycles. The average Bonchev–Trinajstić information content (AvgIpc) is 3.18. The molecule has 18 heavy (non-hydrogen) atoms. The third-order valence-electron chi connectivity index (χ3n) is 2.77. The van der Waals surface area contributed by atoms with Crippen molar-refractivity contribution >= 4 is 21.9 Å². The van der Waals surface area contributed by atoms with Crippen LogP contribution in [0.15, 0.2) is 22.7 Å². The van der Waals surface area contributed by atoms with Crippen molar-refractivity contribution in [2.24, 2.45) is 0 Å². The molecule has 1 N–H and O–H groups in total. The SMILES string of the molecule is COC(=O)COc1c(Br)cccc1CNC1CC1. The number of esters is 1. The molecule has 1 aromatic rings. The molecule has 0 aliphatic heterocycles. The molecule has 1 fully saturated rings. The quantitative estimate of drug-likeness (QED) is 0.818. The average molecular weight is 314 g/mol. The summed E-state index contributed by atoms with van der Waals surface area (Å²) in [5.74, 6) is 0.322. The summed E-state index contributed by atoms with van der Waals surface area (Å²) in [6.45, 7) is 0.677. The zero-order valence-electron chi connectivity index (χ0n) is 10.2. The topological polar surface area (TPSA) is 47.6 Å². The zero-order valence-corrected chi connectivity index (χ0v) is 11.8. The van der Waals surface area contributed by atoms with Crippen LogP contribution in [-0.2, 0) is 16.1 Å². The number of benzene rings is 1. The van der Waals surface area contributed by atoms with Gasteiger partial charge in [-0.1, -0.05) is 12.1 Å². The Kier molecular flexibility index (Phi) is 4.60. The van der Waals surface area contributed by atoms with Crippen LogP contribution in [-0.4, -0.2) is 25.7 Å². The van der Waals surface area contributed by atoms with Gasteiger partial charge in [-0.3, -0.25) is 0 Å². The van der Waals surface area contributed by atoms with Crippen molar-refractivity contribution in [1.29, 1.82) is 0 Å². The number of hydrogen-bond donors (Lipinski definition) is 1. The van der Waals surface area contributed by atoms with Gasteiger partial charge in [0.05, 0.1) is 11.6 Å². The Morgan fingerprint density at radius 2 is 2.28 bits per heavy atom. The van der Waals surface area contributed by atoms with E-state index in [2.05, 4.69) is 26.0 Å². The van der Waals surface area contributed by atoms with Crippen LogP contribution in [0.25, 0.3) is 0 Å². The standard InChI is InChI=1S/C13H16BrNO3/c1-17-12(16)8-18-13-9(3-2-4-11(13)14)7-15-10-5-6-10/h2-4,10,15H,5-8H2,1H3. The molecule has 0 radical (unpaired) electrons. The van der Waals surface area contributed by atoms with Gasteiger partial charge in [0.25, 0.3) is 0 Å². The van der Waals surface area contributed by atoms with Gasteiger partial charge in [-0.15, -0.1) is 0 Å². The molecule has 0 bridgehead atoms. The zero-order chi connectivity index (χ0) is 13.0. The van der Waals surface area contributed by atoms with E-state index in [-0.39, 0.29) is 12.6 Å². The molecular formula is C13H16BrNO3. The van der Waals surface area contributed by atoms with Crippen molar-refractivity contribution in [1.82, 2.24) is 5.32 Å². The number of ether oxygens (including phenoxy) is 2. The summed E-state index contributed by atoms with van der Waals surface area (Å²) in [5, 5.41) is 3.43. The normalized spacial score (nSPS) is 14.3. The van der Waals surface area contributed by atoms with Gasteiger partial charge >= 0.3 is 5.97 Å². The molecule has 1 aliphatic carbocycles. The van der Waals surface area contributed by atoms with Crippen molar-refractivity contribution in [3.8, 4) is 5.75 Å². The molecule has 4 nitrogen and oxygen atoms in total. The van der Waals surface area contributed by atoms with E-state index in [0.29, 0.717) is 11.8 Å². The largest absolute Gasteiger partial charge is 0.480 e. The first kappa shape index (κ1) is 13.4. The molecule has 2 rings (SSSR count). The highest BCUT2D eigenvalue weighted by atomic mass is 79.9. The first-order chi connectivity index (χ1) is 8.70. The van der Waals surface area contributed by atoms with Gasteiger partial charge < -0.3 is 14.8 Å². The number of rotatable bonds is 6. The van der Waals surface area contributed by atoms with Gasteiger partial charge in [-0.25, -0.2) is 4.79 Å². The molecule has 1 aromatic carbocycles. The van der Waals surface area contributed by atoms with E-state index >= 15 is 0 Å². The summed E-state index contributed by atoms with van der Waals surface area (Å²) < 4.78 is 10.9. The molecule has 0 unspecified atom stereocenters. The van der Waals surface area contributed by atoms with E-state index in [1.54, 1.807) is 0 Å². The van der Waals surface area contributed by atoms with E-state index < -0.39 is 0 Å². The number of methoxy groups -OCH3 is 1. The maximum absolute atomic E-state index is 11.1. The lowest BCUT2D eigenvalue weighted by molar-refractivity contribution is -0.142. The molecule has 5 heteroatoms. The summed E-state index contributed by atoms with van der Waals surface area (Å²) >= 11 is 3.44. The number of halogens is 1. The summed E-state index contributed by atoms with van der Waals surface area (Å²) in [7, 11) is 1.35. The molecule has 0 amide bonds. The predicted octanol–water partition coefficient (Wildman–Crippen LogP) is 2.25. The highest BCUT2D eigenvalue weighted by Crippen LogP contribution is 2.30. The van der Waals surface area contributed by atoms with Gasteiger partial charge in [-0.05, 0) is 34.8 Å². The van der Waals surface area contributed by atoms with E-state index in [4.69, 9.17) is 4.74 Å². The van der Waals surface area contributed by atoms with Crippen LogP contribution in [0.1, 0.15) is 18.4 Å². The van der Waals surface area contributed by atoms with Gasteiger partial charge in [0.15, 0.2) is 6.61 Å². The Hall–Kier alpha value is -1.07. The van der Waals surface area contributed by atoms with Crippen LogP contribution in [0, 0.1) is 0 Å². The fourth-order valence-corrected chi connectivity index (χ4v) is 2.11. The summed E-state index contributed by atoms with van der Waals surface area (Å²) in [6.07, 6.45) is 2.48. The van der Waals surface area contributed by atoms with Crippen molar-refractivity contribution < 1.29 is 14.3 Å². The minimum atomic E-state index is -0.383. The maximum atomic E-state index is 11.1. The second-order valence-corrected chi connectivity index (χ2v) is 5.10. The molecule has 1 aliphatic rings. The first-order valence-electron chi connectivity index (χ1n) is 5.91.